The third-order valence-electron chi connectivity index (χ3n) is 3.03. The van der Waals surface area contributed by atoms with Gasteiger partial charge in [-0.1, -0.05) is 6.07 Å². The topological polar surface area (TPSA) is 46.5 Å². The second-order valence-electron chi connectivity index (χ2n) is 5.68. The van der Waals surface area contributed by atoms with Crippen LogP contribution in [0.25, 0.3) is 0 Å². The first-order valence-corrected chi connectivity index (χ1v) is 6.15. The van der Waals surface area contributed by atoms with Crippen molar-refractivity contribution in [1.29, 1.82) is 0 Å². The summed E-state index contributed by atoms with van der Waals surface area (Å²) >= 11 is 0. The maximum absolute atomic E-state index is 12.0. The van der Waals surface area contributed by atoms with Crippen molar-refractivity contribution in [2.24, 2.45) is 0 Å². The summed E-state index contributed by atoms with van der Waals surface area (Å²) in [4.78, 5) is 12.0. The van der Waals surface area contributed by atoms with Gasteiger partial charge in [0.1, 0.15) is 11.4 Å². The molecule has 0 heterocycles. The zero-order chi connectivity index (χ0) is 14.1. The predicted molar refractivity (Wildman–Crippen MR) is 71.8 cm³/mol. The van der Waals surface area contributed by atoms with Crippen LogP contribution < -0.4 is 0 Å². The Bertz CT molecular complexity index is 456. The molecule has 1 N–H and O–H groups in total. The maximum atomic E-state index is 12.0. The van der Waals surface area contributed by atoms with Crippen LogP contribution in [0.5, 0.6) is 5.75 Å². The molecular formula is C15H22O3. The van der Waals surface area contributed by atoms with Crippen molar-refractivity contribution < 1.29 is 14.6 Å². The highest BCUT2D eigenvalue weighted by molar-refractivity contribution is 5.78. The summed E-state index contributed by atoms with van der Waals surface area (Å²) in [5.41, 5.74) is 2.17. The third-order valence-corrected chi connectivity index (χ3v) is 3.03. The van der Waals surface area contributed by atoms with Crippen LogP contribution in [0, 0.1) is 13.8 Å². The Morgan fingerprint density at radius 1 is 1.22 bits per heavy atom. The van der Waals surface area contributed by atoms with E-state index in [0.717, 1.165) is 16.7 Å². The number of phenols is 1. The molecule has 0 aromatic heterocycles. The molecule has 0 bridgehead atoms. The van der Waals surface area contributed by atoms with Crippen LogP contribution >= 0.6 is 0 Å². The molecule has 0 radical (unpaired) electrons. The van der Waals surface area contributed by atoms with Gasteiger partial charge >= 0.3 is 5.97 Å². The molecule has 3 nitrogen and oxygen atoms in total. The van der Waals surface area contributed by atoms with Crippen LogP contribution in [-0.2, 0) is 9.53 Å². The highest BCUT2D eigenvalue weighted by Crippen LogP contribution is 2.29. The second kappa shape index (κ2) is 5.01. The molecule has 0 saturated carbocycles. The van der Waals surface area contributed by atoms with E-state index in [0.29, 0.717) is 0 Å². The fraction of sp³-hybridized carbons (Fsp3) is 0.533. The van der Waals surface area contributed by atoms with Crippen LogP contribution in [0.1, 0.15) is 50.3 Å². The summed E-state index contributed by atoms with van der Waals surface area (Å²) in [6, 6.07) is 3.41. The van der Waals surface area contributed by atoms with Crippen molar-refractivity contribution >= 4 is 5.97 Å². The normalized spacial score (nSPS) is 13.2. The molecule has 0 aliphatic carbocycles. The molecule has 1 unspecified atom stereocenters. The lowest BCUT2D eigenvalue weighted by Crippen LogP contribution is -2.27. The van der Waals surface area contributed by atoms with E-state index in [1.165, 1.54) is 0 Å². The van der Waals surface area contributed by atoms with Crippen molar-refractivity contribution in [3.05, 3.63) is 28.8 Å². The van der Waals surface area contributed by atoms with Crippen molar-refractivity contribution in [3.8, 4) is 5.75 Å². The number of hydrogen-bond acceptors (Lipinski definition) is 3. The number of benzene rings is 1. The third kappa shape index (κ3) is 3.25. The van der Waals surface area contributed by atoms with Crippen LogP contribution in [0.3, 0.4) is 0 Å². The highest BCUT2D eigenvalue weighted by Gasteiger charge is 2.24. The largest absolute Gasteiger partial charge is 0.508 e. The Morgan fingerprint density at radius 3 is 2.28 bits per heavy atom. The van der Waals surface area contributed by atoms with Gasteiger partial charge in [-0.05, 0) is 64.3 Å². The van der Waals surface area contributed by atoms with Gasteiger partial charge in [-0.2, -0.15) is 0 Å². The standard InChI is InChI=1S/C15H22O3/c1-9-10(2)13(16)8-7-12(9)11(3)14(17)18-15(4,5)6/h7-8,11,16H,1-6H3. The van der Waals surface area contributed by atoms with Crippen molar-refractivity contribution in [2.75, 3.05) is 0 Å². The Kier molecular flexibility index (Phi) is 4.05. The molecule has 0 aliphatic heterocycles. The number of hydrogen-bond donors (Lipinski definition) is 1. The van der Waals surface area contributed by atoms with Gasteiger partial charge in [-0.3, -0.25) is 4.79 Å². The molecule has 1 atom stereocenters. The first-order valence-electron chi connectivity index (χ1n) is 6.15. The predicted octanol–water partition coefficient (Wildman–Crippen LogP) is 3.45. The SMILES string of the molecule is Cc1c(O)ccc(C(C)C(=O)OC(C)(C)C)c1C. The molecule has 3 heteroatoms. The molecular weight excluding hydrogens is 228 g/mol. The summed E-state index contributed by atoms with van der Waals surface area (Å²) < 4.78 is 5.38. The van der Waals surface area contributed by atoms with Gasteiger partial charge in [0, 0.05) is 0 Å². The number of ether oxygens (including phenoxy) is 1. The highest BCUT2D eigenvalue weighted by atomic mass is 16.6. The van der Waals surface area contributed by atoms with Crippen LogP contribution in [0.4, 0.5) is 0 Å². The van der Waals surface area contributed by atoms with Gasteiger partial charge in [-0.25, -0.2) is 0 Å². The number of phenolic OH excluding ortho intramolecular Hbond substituents is 1. The molecule has 1 aromatic rings. The van der Waals surface area contributed by atoms with Gasteiger partial charge in [0.15, 0.2) is 0 Å². The molecule has 0 aliphatic rings. The zero-order valence-corrected chi connectivity index (χ0v) is 12.0. The van der Waals surface area contributed by atoms with Gasteiger partial charge in [0.25, 0.3) is 0 Å². The fourth-order valence-corrected chi connectivity index (χ4v) is 1.81. The summed E-state index contributed by atoms with van der Waals surface area (Å²) in [6.07, 6.45) is 0. The number of esters is 1. The lowest BCUT2D eigenvalue weighted by molar-refractivity contribution is -0.156. The van der Waals surface area contributed by atoms with Crippen LogP contribution in [0.2, 0.25) is 0 Å². The minimum Gasteiger partial charge on any atom is -0.508 e. The molecule has 100 valence electrons. The summed E-state index contributed by atoms with van der Waals surface area (Å²) in [6.45, 7) is 11.1. The first-order chi connectivity index (χ1) is 8.13. The van der Waals surface area contributed by atoms with E-state index >= 15 is 0 Å². The molecule has 18 heavy (non-hydrogen) atoms. The molecule has 0 fully saturated rings. The average Bonchev–Trinajstić information content (AvgIpc) is 2.23. The van der Waals surface area contributed by atoms with E-state index in [4.69, 9.17) is 4.74 Å². The molecule has 0 amide bonds. The summed E-state index contributed by atoms with van der Waals surface area (Å²) in [5, 5.41) is 9.62. The fourth-order valence-electron chi connectivity index (χ4n) is 1.81. The smallest absolute Gasteiger partial charge is 0.313 e. The molecule has 1 aromatic carbocycles. The van der Waals surface area contributed by atoms with E-state index < -0.39 is 5.60 Å². The van der Waals surface area contributed by atoms with Gasteiger partial charge < -0.3 is 9.84 Å². The Hall–Kier alpha value is -1.51. The zero-order valence-electron chi connectivity index (χ0n) is 12.0. The van der Waals surface area contributed by atoms with Crippen LogP contribution in [-0.4, -0.2) is 16.7 Å². The lowest BCUT2D eigenvalue weighted by Gasteiger charge is -2.23. The Morgan fingerprint density at radius 2 is 1.78 bits per heavy atom. The van der Waals surface area contributed by atoms with Crippen molar-refractivity contribution in [3.63, 3.8) is 0 Å². The molecule has 1 rings (SSSR count). The number of aromatic hydroxyl groups is 1. The van der Waals surface area contributed by atoms with Crippen molar-refractivity contribution in [2.45, 2.75) is 53.1 Å². The number of carbonyl (C=O) groups excluding carboxylic acids is 1. The van der Waals surface area contributed by atoms with E-state index in [1.807, 2.05) is 41.5 Å². The molecule has 0 spiro atoms. The quantitative estimate of drug-likeness (QED) is 0.818. The minimum absolute atomic E-state index is 0.240. The second-order valence-corrected chi connectivity index (χ2v) is 5.68. The summed E-state index contributed by atoms with van der Waals surface area (Å²) in [5.74, 6) is -0.313. The van der Waals surface area contributed by atoms with E-state index in [1.54, 1.807) is 12.1 Å². The van der Waals surface area contributed by atoms with Gasteiger partial charge in [0.2, 0.25) is 0 Å². The monoisotopic (exact) mass is 250 g/mol. The number of carbonyl (C=O) groups is 1. The lowest BCUT2D eigenvalue weighted by atomic mass is 9.93. The van der Waals surface area contributed by atoms with Crippen molar-refractivity contribution in [1.82, 2.24) is 0 Å². The minimum atomic E-state index is -0.481. The van der Waals surface area contributed by atoms with E-state index in [2.05, 4.69) is 0 Å². The van der Waals surface area contributed by atoms with Gasteiger partial charge in [-0.15, -0.1) is 0 Å². The average molecular weight is 250 g/mol. The Balaban J connectivity index is 3.01. The van der Waals surface area contributed by atoms with Crippen LogP contribution in [0.15, 0.2) is 12.1 Å². The van der Waals surface area contributed by atoms with E-state index in [-0.39, 0.29) is 17.6 Å². The first kappa shape index (κ1) is 14.6. The number of rotatable bonds is 2. The molecule has 0 saturated heterocycles. The van der Waals surface area contributed by atoms with Gasteiger partial charge in [0.05, 0.1) is 5.92 Å². The summed E-state index contributed by atoms with van der Waals surface area (Å²) in [7, 11) is 0. The van der Waals surface area contributed by atoms with E-state index in [9.17, 15) is 9.90 Å². The maximum Gasteiger partial charge on any atom is 0.313 e. The Labute approximate surface area is 109 Å².